The molecule has 2 aliphatic carbocycles. The Hall–Kier alpha value is -2.88. The number of ketones is 4. The topological polar surface area (TPSA) is 68.3 Å². The van der Waals surface area contributed by atoms with E-state index in [0.29, 0.717) is 18.4 Å². The van der Waals surface area contributed by atoms with E-state index >= 15 is 0 Å². The highest BCUT2D eigenvalue weighted by Crippen LogP contribution is 2.65. The molecule has 4 nitrogen and oxygen atoms in total. The van der Waals surface area contributed by atoms with Crippen molar-refractivity contribution in [2.24, 2.45) is 28.1 Å². The average molecular weight is 503 g/mol. The number of Topliss-reactive ketones (excluding diaryl/α,β-unsaturated/α-hetero) is 4. The lowest BCUT2D eigenvalue weighted by Crippen LogP contribution is -2.73. The molecule has 3 rings (SSSR count). The normalized spacial score (nSPS) is 28.4. The van der Waals surface area contributed by atoms with E-state index in [1.165, 1.54) is 0 Å². The quantitative estimate of drug-likeness (QED) is 0.213. The summed E-state index contributed by atoms with van der Waals surface area (Å²) < 4.78 is 0. The van der Waals surface area contributed by atoms with E-state index in [1.807, 2.05) is 73.6 Å². The zero-order chi connectivity index (χ0) is 27.8. The van der Waals surface area contributed by atoms with Crippen molar-refractivity contribution < 1.29 is 19.2 Å². The average Bonchev–Trinajstić information content (AvgIpc) is 2.82. The lowest BCUT2D eigenvalue weighted by molar-refractivity contribution is -0.178. The summed E-state index contributed by atoms with van der Waals surface area (Å²) in [7, 11) is 0. The van der Waals surface area contributed by atoms with E-state index in [2.05, 4.69) is 6.08 Å². The van der Waals surface area contributed by atoms with E-state index in [4.69, 9.17) is 0 Å². The molecule has 0 N–H and O–H groups in total. The smallest absolute Gasteiger partial charge is 0.184 e. The number of hydrogen-bond donors (Lipinski definition) is 0. The van der Waals surface area contributed by atoms with Crippen molar-refractivity contribution in [3.05, 3.63) is 70.8 Å². The maximum absolute atomic E-state index is 14.8. The highest BCUT2D eigenvalue weighted by atomic mass is 16.2. The van der Waals surface area contributed by atoms with Crippen LogP contribution < -0.4 is 0 Å². The fraction of sp³-hybridized carbons (Fsp3) is 0.515. The molecular weight excluding hydrogens is 460 g/mol. The predicted molar refractivity (Wildman–Crippen MR) is 148 cm³/mol. The highest BCUT2D eigenvalue weighted by molar-refractivity contribution is 6.40. The van der Waals surface area contributed by atoms with Gasteiger partial charge in [-0.05, 0) is 78.6 Å². The number of fused-ring (bicyclic) bond motifs is 2. The molecule has 0 spiro atoms. The summed E-state index contributed by atoms with van der Waals surface area (Å²) in [4.78, 5) is 58.1. The molecule has 0 heterocycles. The van der Waals surface area contributed by atoms with Gasteiger partial charge in [0.05, 0.1) is 11.3 Å². The molecule has 0 aromatic heterocycles. The Morgan fingerprint density at radius 2 is 1.35 bits per heavy atom. The molecular formula is C33H42O4. The van der Waals surface area contributed by atoms with Crippen LogP contribution in [0.3, 0.4) is 0 Å². The van der Waals surface area contributed by atoms with Gasteiger partial charge in [-0.25, -0.2) is 0 Å². The van der Waals surface area contributed by atoms with Crippen molar-refractivity contribution in [3.8, 4) is 0 Å². The van der Waals surface area contributed by atoms with E-state index < -0.39 is 39.5 Å². The standard InChI is InChI=1S/C33H42O4/c1-21(2)14-16-25-20-32(19-18-23(5)6)28(35)26(17-15-22(3)4)29(36)33(30(32)37,31(25,7)8)27(34)24-12-10-9-11-13-24/h9-15,18,25-26H,16-17,19-20H2,1-8H3/t25-,26?,32+,33-/m0/s1. The van der Waals surface area contributed by atoms with Crippen LogP contribution in [-0.4, -0.2) is 23.1 Å². The van der Waals surface area contributed by atoms with Gasteiger partial charge in [0.25, 0.3) is 0 Å². The van der Waals surface area contributed by atoms with Crippen LogP contribution >= 0.6 is 0 Å². The van der Waals surface area contributed by atoms with Gasteiger partial charge >= 0.3 is 0 Å². The SMILES string of the molecule is CC(C)=CCC1C(=O)[C@@]2(CC=C(C)C)C[C@H](CC=C(C)C)C(C)(C)[C@@](C(=O)c3ccccc3)(C1=O)C2=O. The van der Waals surface area contributed by atoms with Crippen LogP contribution in [0.4, 0.5) is 0 Å². The minimum atomic E-state index is -1.92. The Balaban J connectivity index is 2.40. The van der Waals surface area contributed by atoms with Crippen molar-refractivity contribution in [1.29, 1.82) is 0 Å². The predicted octanol–water partition coefficient (Wildman–Crippen LogP) is 7.29. The van der Waals surface area contributed by atoms with E-state index in [1.54, 1.807) is 24.3 Å². The van der Waals surface area contributed by atoms with Gasteiger partial charge in [0.15, 0.2) is 28.5 Å². The first-order valence-corrected chi connectivity index (χ1v) is 13.4. The summed E-state index contributed by atoms with van der Waals surface area (Å²) >= 11 is 0. The van der Waals surface area contributed by atoms with Crippen LogP contribution in [0.25, 0.3) is 0 Å². The number of benzene rings is 1. The first-order valence-electron chi connectivity index (χ1n) is 13.4. The number of carbonyl (C=O) groups is 4. The number of rotatable bonds is 8. The van der Waals surface area contributed by atoms with Crippen LogP contribution in [0.5, 0.6) is 0 Å². The van der Waals surface area contributed by atoms with Crippen molar-refractivity contribution in [2.45, 2.75) is 81.1 Å². The summed E-state index contributed by atoms with van der Waals surface area (Å²) in [5.74, 6) is -3.01. The third-order valence-corrected chi connectivity index (χ3v) is 8.64. The van der Waals surface area contributed by atoms with E-state index in [0.717, 1.165) is 16.7 Å². The molecule has 4 atom stereocenters. The number of hydrogen-bond acceptors (Lipinski definition) is 4. The van der Waals surface area contributed by atoms with Gasteiger partial charge in [0.2, 0.25) is 0 Å². The third-order valence-electron chi connectivity index (χ3n) is 8.64. The van der Waals surface area contributed by atoms with Gasteiger partial charge in [-0.15, -0.1) is 0 Å². The molecule has 1 aromatic rings. The molecule has 0 aliphatic heterocycles. The fourth-order valence-corrected chi connectivity index (χ4v) is 6.37. The Morgan fingerprint density at radius 3 is 1.89 bits per heavy atom. The number of carbonyl (C=O) groups excluding carboxylic acids is 4. The van der Waals surface area contributed by atoms with Gasteiger partial charge in [-0.2, -0.15) is 0 Å². The third kappa shape index (κ3) is 4.64. The lowest BCUT2D eigenvalue weighted by atomic mass is 9.37. The maximum Gasteiger partial charge on any atom is 0.184 e. The minimum Gasteiger partial charge on any atom is -0.298 e. The summed E-state index contributed by atoms with van der Waals surface area (Å²) in [6.07, 6.45) is 7.28. The Morgan fingerprint density at radius 1 is 0.811 bits per heavy atom. The van der Waals surface area contributed by atoms with Gasteiger partial charge in [0.1, 0.15) is 0 Å². The molecule has 0 amide bonds. The highest BCUT2D eigenvalue weighted by Gasteiger charge is 2.77. The summed E-state index contributed by atoms with van der Waals surface area (Å²) in [6, 6.07) is 8.66. The van der Waals surface area contributed by atoms with E-state index in [-0.39, 0.29) is 24.5 Å². The molecule has 2 bridgehead atoms. The second kappa shape index (κ2) is 10.5. The van der Waals surface area contributed by atoms with Gasteiger partial charge in [-0.3, -0.25) is 19.2 Å². The van der Waals surface area contributed by atoms with Gasteiger partial charge in [0, 0.05) is 5.56 Å². The summed E-state index contributed by atoms with van der Waals surface area (Å²) in [5, 5.41) is 0. The molecule has 2 fully saturated rings. The van der Waals surface area contributed by atoms with Crippen molar-refractivity contribution >= 4 is 23.1 Å². The number of allylic oxidation sites excluding steroid dienone is 6. The minimum absolute atomic E-state index is 0.198. The van der Waals surface area contributed by atoms with E-state index in [9.17, 15) is 19.2 Å². The van der Waals surface area contributed by atoms with Crippen LogP contribution in [0.2, 0.25) is 0 Å². The molecule has 37 heavy (non-hydrogen) atoms. The largest absolute Gasteiger partial charge is 0.298 e. The van der Waals surface area contributed by atoms with Crippen LogP contribution in [-0.2, 0) is 14.4 Å². The van der Waals surface area contributed by atoms with Crippen molar-refractivity contribution in [1.82, 2.24) is 0 Å². The summed E-state index contributed by atoms with van der Waals surface area (Å²) in [6.45, 7) is 15.5. The van der Waals surface area contributed by atoms with Crippen LogP contribution in [0, 0.1) is 28.1 Å². The fourth-order valence-electron chi connectivity index (χ4n) is 6.37. The Kier molecular flexibility index (Phi) is 8.12. The van der Waals surface area contributed by atoms with Crippen molar-refractivity contribution in [3.63, 3.8) is 0 Å². The maximum atomic E-state index is 14.8. The zero-order valence-electron chi connectivity index (χ0n) is 23.7. The summed E-state index contributed by atoms with van der Waals surface area (Å²) in [5.41, 5.74) is -0.839. The molecule has 4 heteroatoms. The van der Waals surface area contributed by atoms with Crippen molar-refractivity contribution in [2.75, 3.05) is 0 Å². The molecule has 0 saturated heterocycles. The zero-order valence-corrected chi connectivity index (χ0v) is 23.7. The lowest BCUT2D eigenvalue weighted by Gasteiger charge is -2.60. The molecule has 1 aromatic carbocycles. The first kappa shape index (κ1) is 28.7. The molecule has 1 unspecified atom stereocenters. The monoisotopic (exact) mass is 502 g/mol. The molecule has 2 saturated carbocycles. The molecule has 2 aliphatic rings. The second-order valence-corrected chi connectivity index (χ2v) is 12.3. The van der Waals surface area contributed by atoms with Crippen LogP contribution in [0.1, 0.15) is 91.4 Å². The van der Waals surface area contributed by atoms with Gasteiger partial charge in [-0.1, -0.05) is 79.1 Å². The Bertz CT molecular complexity index is 1180. The second-order valence-electron chi connectivity index (χ2n) is 12.3. The van der Waals surface area contributed by atoms with Gasteiger partial charge < -0.3 is 0 Å². The van der Waals surface area contributed by atoms with Crippen LogP contribution in [0.15, 0.2) is 65.3 Å². The molecule has 0 radical (unpaired) electrons. The molecule has 198 valence electrons. The first-order chi connectivity index (χ1) is 17.2. The Labute approximate surface area is 222 Å².